The summed E-state index contributed by atoms with van der Waals surface area (Å²) >= 11 is 6.04. The van der Waals surface area contributed by atoms with Gasteiger partial charge in [0.1, 0.15) is 18.5 Å². The molecule has 0 fully saturated rings. The Morgan fingerprint density at radius 2 is 1.84 bits per heavy atom. The number of hydrogen-bond acceptors (Lipinski definition) is 4. The van der Waals surface area contributed by atoms with Gasteiger partial charge in [-0.3, -0.25) is 0 Å². The van der Waals surface area contributed by atoms with E-state index in [0.29, 0.717) is 10.8 Å². The number of ether oxygens (including phenoxy) is 2. The van der Waals surface area contributed by atoms with Gasteiger partial charge in [-0.1, -0.05) is 17.7 Å². The van der Waals surface area contributed by atoms with Crippen LogP contribution in [0.2, 0.25) is 5.02 Å². The van der Waals surface area contributed by atoms with Crippen LogP contribution in [0.1, 0.15) is 32.4 Å². The zero-order valence-corrected chi connectivity index (χ0v) is 12.2. The summed E-state index contributed by atoms with van der Waals surface area (Å²) in [6, 6.07) is 5.07. The minimum absolute atomic E-state index is 0.0727. The summed E-state index contributed by atoms with van der Waals surface area (Å²) in [7, 11) is 0. The number of benzene rings is 1. The average Bonchev–Trinajstić information content (AvgIpc) is 2.34. The van der Waals surface area contributed by atoms with Crippen LogP contribution in [0.25, 0.3) is 0 Å². The van der Waals surface area contributed by atoms with Crippen molar-refractivity contribution in [2.45, 2.75) is 39.1 Å². The van der Waals surface area contributed by atoms with Gasteiger partial charge in [0.05, 0.1) is 23.8 Å². The molecule has 1 aromatic rings. The molecule has 2 N–H and O–H groups in total. The van der Waals surface area contributed by atoms with Crippen molar-refractivity contribution in [3.63, 3.8) is 0 Å². The van der Waals surface area contributed by atoms with E-state index in [1.165, 1.54) is 0 Å². The Labute approximate surface area is 118 Å². The molecule has 2 unspecified atom stereocenters. The summed E-state index contributed by atoms with van der Waals surface area (Å²) in [5, 5.41) is 19.5. The Balaban J connectivity index is 2.49. The molecule has 0 heterocycles. The van der Waals surface area contributed by atoms with Gasteiger partial charge in [-0.25, -0.2) is 0 Å². The van der Waals surface area contributed by atoms with Crippen molar-refractivity contribution in [2.24, 2.45) is 0 Å². The Morgan fingerprint density at radius 1 is 1.16 bits per heavy atom. The van der Waals surface area contributed by atoms with E-state index in [4.69, 9.17) is 21.1 Å². The standard InChI is InChI=1S/C14H21ClO4/c1-9(2)18-7-12(17)8-19-14-5-4-11(10(3)16)6-13(14)15/h4-6,9-10,12,16-17H,7-8H2,1-3H3. The van der Waals surface area contributed by atoms with Crippen molar-refractivity contribution >= 4 is 11.6 Å². The van der Waals surface area contributed by atoms with Crippen molar-refractivity contribution in [3.05, 3.63) is 28.8 Å². The molecule has 0 aliphatic carbocycles. The predicted molar refractivity (Wildman–Crippen MR) is 74.7 cm³/mol. The van der Waals surface area contributed by atoms with Gasteiger partial charge in [0.15, 0.2) is 0 Å². The molecule has 2 atom stereocenters. The first-order valence-electron chi connectivity index (χ1n) is 6.30. The van der Waals surface area contributed by atoms with E-state index in [2.05, 4.69) is 0 Å². The van der Waals surface area contributed by atoms with Gasteiger partial charge in [0.25, 0.3) is 0 Å². The van der Waals surface area contributed by atoms with Crippen LogP contribution in [-0.4, -0.2) is 35.6 Å². The summed E-state index contributed by atoms with van der Waals surface area (Å²) in [6.45, 7) is 5.80. The first kappa shape index (κ1) is 16.2. The Kier molecular flexibility index (Phi) is 6.58. The normalized spacial score (nSPS) is 14.5. The third kappa shape index (κ3) is 5.78. The summed E-state index contributed by atoms with van der Waals surface area (Å²) in [4.78, 5) is 0. The van der Waals surface area contributed by atoms with Crippen molar-refractivity contribution in [2.75, 3.05) is 13.2 Å². The molecule has 0 saturated carbocycles. The molecule has 0 saturated heterocycles. The molecule has 108 valence electrons. The molecule has 0 aliphatic heterocycles. The zero-order valence-electron chi connectivity index (χ0n) is 11.5. The lowest BCUT2D eigenvalue weighted by molar-refractivity contribution is -0.0122. The molecule has 0 bridgehead atoms. The fraction of sp³-hybridized carbons (Fsp3) is 0.571. The average molecular weight is 289 g/mol. The predicted octanol–water partition coefficient (Wildman–Crippen LogP) is 2.56. The molecular weight excluding hydrogens is 268 g/mol. The van der Waals surface area contributed by atoms with Gasteiger partial charge >= 0.3 is 0 Å². The van der Waals surface area contributed by atoms with Gasteiger partial charge in [-0.05, 0) is 38.5 Å². The molecule has 0 amide bonds. The van der Waals surface area contributed by atoms with Crippen molar-refractivity contribution in [1.29, 1.82) is 0 Å². The number of aliphatic hydroxyl groups excluding tert-OH is 2. The molecule has 1 rings (SSSR count). The minimum atomic E-state index is -0.699. The Hall–Kier alpha value is -0.810. The molecule has 1 aromatic carbocycles. The number of hydrogen-bond donors (Lipinski definition) is 2. The molecule has 0 spiro atoms. The maximum atomic E-state index is 9.66. The van der Waals surface area contributed by atoms with Crippen LogP contribution in [0.4, 0.5) is 0 Å². The van der Waals surface area contributed by atoms with Gasteiger partial charge in [-0.2, -0.15) is 0 Å². The number of aliphatic hydroxyl groups is 2. The zero-order chi connectivity index (χ0) is 14.4. The third-order valence-electron chi connectivity index (χ3n) is 2.49. The highest BCUT2D eigenvalue weighted by Crippen LogP contribution is 2.27. The Morgan fingerprint density at radius 3 is 2.37 bits per heavy atom. The van der Waals surface area contributed by atoms with E-state index in [9.17, 15) is 10.2 Å². The lowest BCUT2D eigenvalue weighted by Crippen LogP contribution is -2.25. The van der Waals surface area contributed by atoms with Crippen LogP contribution in [0.15, 0.2) is 18.2 Å². The van der Waals surface area contributed by atoms with E-state index in [1.807, 2.05) is 13.8 Å². The number of rotatable bonds is 7. The van der Waals surface area contributed by atoms with E-state index >= 15 is 0 Å². The van der Waals surface area contributed by atoms with Gasteiger partial charge < -0.3 is 19.7 Å². The van der Waals surface area contributed by atoms with Crippen molar-refractivity contribution in [3.8, 4) is 5.75 Å². The molecular formula is C14H21ClO4. The van der Waals surface area contributed by atoms with Gasteiger partial charge in [-0.15, -0.1) is 0 Å². The quantitative estimate of drug-likeness (QED) is 0.809. The van der Waals surface area contributed by atoms with Crippen LogP contribution in [0, 0.1) is 0 Å². The van der Waals surface area contributed by atoms with Crippen LogP contribution >= 0.6 is 11.6 Å². The highest BCUT2D eigenvalue weighted by atomic mass is 35.5. The molecule has 0 radical (unpaired) electrons. The van der Waals surface area contributed by atoms with Crippen LogP contribution in [0.5, 0.6) is 5.75 Å². The second-order valence-corrected chi connectivity index (χ2v) is 5.12. The van der Waals surface area contributed by atoms with Gasteiger partial charge in [0.2, 0.25) is 0 Å². The summed E-state index contributed by atoms with van der Waals surface area (Å²) < 4.78 is 10.7. The lowest BCUT2D eigenvalue weighted by atomic mass is 10.1. The van der Waals surface area contributed by atoms with E-state index in [1.54, 1.807) is 25.1 Å². The summed E-state index contributed by atoms with van der Waals surface area (Å²) in [6.07, 6.45) is -1.20. The second-order valence-electron chi connectivity index (χ2n) is 4.71. The number of halogens is 1. The van der Waals surface area contributed by atoms with Crippen LogP contribution < -0.4 is 4.74 Å². The van der Waals surface area contributed by atoms with E-state index < -0.39 is 12.2 Å². The monoisotopic (exact) mass is 288 g/mol. The third-order valence-corrected chi connectivity index (χ3v) is 2.79. The minimum Gasteiger partial charge on any atom is -0.489 e. The summed E-state index contributed by atoms with van der Waals surface area (Å²) in [5.74, 6) is 0.481. The maximum absolute atomic E-state index is 9.66. The molecule has 5 heteroatoms. The highest BCUT2D eigenvalue weighted by molar-refractivity contribution is 6.32. The summed E-state index contributed by atoms with van der Waals surface area (Å²) in [5.41, 5.74) is 0.723. The Bertz CT molecular complexity index is 393. The first-order valence-corrected chi connectivity index (χ1v) is 6.68. The fourth-order valence-electron chi connectivity index (χ4n) is 1.43. The molecule has 19 heavy (non-hydrogen) atoms. The van der Waals surface area contributed by atoms with Crippen molar-refractivity contribution in [1.82, 2.24) is 0 Å². The molecule has 0 aliphatic rings. The lowest BCUT2D eigenvalue weighted by Gasteiger charge is -2.15. The second kappa shape index (κ2) is 7.70. The van der Waals surface area contributed by atoms with Gasteiger partial charge in [0, 0.05) is 0 Å². The first-order chi connectivity index (χ1) is 8.90. The molecule has 4 nitrogen and oxygen atoms in total. The smallest absolute Gasteiger partial charge is 0.138 e. The SMILES string of the molecule is CC(C)OCC(O)COc1ccc(C(C)O)cc1Cl. The van der Waals surface area contributed by atoms with Crippen LogP contribution in [0.3, 0.4) is 0 Å². The maximum Gasteiger partial charge on any atom is 0.138 e. The van der Waals surface area contributed by atoms with E-state index in [0.717, 1.165) is 5.56 Å². The fourth-order valence-corrected chi connectivity index (χ4v) is 1.68. The van der Waals surface area contributed by atoms with E-state index in [-0.39, 0.29) is 19.3 Å². The topological polar surface area (TPSA) is 58.9 Å². The largest absolute Gasteiger partial charge is 0.489 e. The van der Waals surface area contributed by atoms with Crippen LogP contribution in [-0.2, 0) is 4.74 Å². The highest BCUT2D eigenvalue weighted by Gasteiger charge is 2.10. The van der Waals surface area contributed by atoms with Crippen molar-refractivity contribution < 1.29 is 19.7 Å². The molecule has 0 aromatic heterocycles.